The lowest BCUT2D eigenvalue weighted by molar-refractivity contribution is -0.154. The summed E-state index contributed by atoms with van der Waals surface area (Å²) >= 11 is 5.93. The standard InChI is InChI=1S/C18H16ClF4N3O5/c1-4-13(16(28)30-3)31-24-8-9-5-12(11(20)6-10(9)19)26-15(27)7-14(18(21,22)23)25(2)17(26)29/h5-8,13H,4H2,1-3H3/b24-8+. The van der Waals surface area contributed by atoms with Gasteiger partial charge in [0, 0.05) is 18.7 Å². The third-order valence-corrected chi connectivity index (χ3v) is 4.46. The largest absolute Gasteiger partial charge is 0.466 e. The van der Waals surface area contributed by atoms with Crippen molar-refractivity contribution in [2.75, 3.05) is 7.11 Å². The predicted octanol–water partition coefficient (Wildman–Crippen LogP) is 2.65. The fourth-order valence-corrected chi connectivity index (χ4v) is 2.72. The number of ether oxygens (including phenoxy) is 1. The molecule has 1 atom stereocenters. The normalized spacial score (nSPS) is 12.8. The fraction of sp³-hybridized carbons (Fsp3) is 0.333. The first-order valence-electron chi connectivity index (χ1n) is 8.59. The molecule has 0 fully saturated rings. The molecule has 8 nitrogen and oxygen atoms in total. The molecule has 31 heavy (non-hydrogen) atoms. The molecule has 1 heterocycles. The van der Waals surface area contributed by atoms with Gasteiger partial charge in [-0.1, -0.05) is 23.7 Å². The molecule has 0 radical (unpaired) electrons. The number of hydrogen-bond acceptors (Lipinski definition) is 6. The molecule has 0 aliphatic heterocycles. The van der Waals surface area contributed by atoms with Gasteiger partial charge in [-0.05, 0) is 18.6 Å². The average Bonchev–Trinajstić information content (AvgIpc) is 2.69. The van der Waals surface area contributed by atoms with Gasteiger partial charge in [-0.3, -0.25) is 9.36 Å². The highest BCUT2D eigenvalue weighted by molar-refractivity contribution is 6.33. The number of halogens is 5. The van der Waals surface area contributed by atoms with Gasteiger partial charge in [0.05, 0.1) is 24.0 Å². The van der Waals surface area contributed by atoms with Crippen molar-refractivity contribution < 1.29 is 31.9 Å². The predicted molar refractivity (Wildman–Crippen MR) is 102 cm³/mol. The second-order valence-electron chi connectivity index (χ2n) is 6.13. The van der Waals surface area contributed by atoms with Gasteiger partial charge < -0.3 is 9.57 Å². The molecule has 0 saturated carbocycles. The molecule has 13 heteroatoms. The van der Waals surface area contributed by atoms with Gasteiger partial charge in [0.25, 0.3) is 5.56 Å². The first-order chi connectivity index (χ1) is 14.4. The topological polar surface area (TPSA) is 91.9 Å². The zero-order chi connectivity index (χ0) is 23.5. The maximum Gasteiger partial charge on any atom is 0.431 e. The van der Waals surface area contributed by atoms with Crippen molar-refractivity contribution in [3.05, 3.63) is 61.1 Å². The number of benzene rings is 1. The van der Waals surface area contributed by atoms with Gasteiger partial charge >= 0.3 is 17.8 Å². The molecule has 0 aliphatic rings. The first kappa shape index (κ1) is 24.1. The number of rotatable bonds is 6. The monoisotopic (exact) mass is 465 g/mol. The molecular weight excluding hydrogens is 450 g/mol. The summed E-state index contributed by atoms with van der Waals surface area (Å²) in [5, 5.41) is 3.37. The molecule has 2 aromatic rings. The first-order valence-corrected chi connectivity index (χ1v) is 8.96. The fourth-order valence-electron chi connectivity index (χ4n) is 2.52. The van der Waals surface area contributed by atoms with Gasteiger partial charge in [-0.2, -0.15) is 13.2 Å². The smallest absolute Gasteiger partial charge is 0.431 e. The Bertz CT molecular complexity index is 1140. The van der Waals surface area contributed by atoms with Gasteiger partial charge in [-0.25, -0.2) is 18.5 Å². The molecule has 2 rings (SSSR count). The minimum atomic E-state index is -4.96. The van der Waals surface area contributed by atoms with Crippen LogP contribution in [0.25, 0.3) is 5.69 Å². The Morgan fingerprint density at radius 2 is 1.94 bits per heavy atom. The molecule has 1 unspecified atom stereocenters. The summed E-state index contributed by atoms with van der Waals surface area (Å²) in [6.07, 6.45) is -4.78. The van der Waals surface area contributed by atoms with Gasteiger partial charge in [0.2, 0.25) is 6.10 Å². The van der Waals surface area contributed by atoms with Crippen LogP contribution in [0.4, 0.5) is 17.6 Å². The zero-order valence-electron chi connectivity index (χ0n) is 16.4. The maximum atomic E-state index is 14.4. The van der Waals surface area contributed by atoms with Crippen LogP contribution in [0.5, 0.6) is 0 Å². The van der Waals surface area contributed by atoms with Crippen molar-refractivity contribution in [3.63, 3.8) is 0 Å². The number of methoxy groups -OCH3 is 1. The lowest BCUT2D eigenvalue weighted by atomic mass is 10.2. The van der Waals surface area contributed by atoms with E-state index in [-0.39, 0.29) is 32.2 Å². The number of esters is 1. The summed E-state index contributed by atoms with van der Waals surface area (Å²) < 4.78 is 58.3. The van der Waals surface area contributed by atoms with E-state index in [2.05, 4.69) is 9.89 Å². The van der Waals surface area contributed by atoms with Crippen LogP contribution in [-0.2, 0) is 27.6 Å². The van der Waals surface area contributed by atoms with Crippen molar-refractivity contribution >= 4 is 23.8 Å². The van der Waals surface area contributed by atoms with E-state index in [1.165, 1.54) is 0 Å². The molecule has 168 valence electrons. The van der Waals surface area contributed by atoms with E-state index in [1.54, 1.807) is 6.92 Å². The molecule has 0 aliphatic carbocycles. The van der Waals surface area contributed by atoms with E-state index in [9.17, 15) is 31.9 Å². The van der Waals surface area contributed by atoms with Gasteiger partial charge in [0.1, 0.15) is 11.5 Å². The highest BCUT2D eigenvalue weighted by Gasteiger charge is 2.35. The SMILES string of the molecule is CCC(O/N=C/c1cc(-n2c(=O)cc(C(F)(F)F)n(C)c2=O)c(F)cc1Cl)C(=O)OC. The van der Waals surface area contributed by atoms with Crippen molar-refractivity contribution in [1.29, 1.82) is 0 Å². The second kappa shape index (κ2) is 9.33. The minimum Gasteiger partial charge on any atom is -0.466 e. The van der Waals surface area contributed by atoms with E-state index in [0.29, 0.717) is 0 Å². The Labute approximate surface area is 177 Å². The minimum absolute atomic E-state index is 0.0355. The maximum absolute atomic E-state index is 14.4. The third kappa shape index (κ3) is 5.13. The summed E-state index contributed by atoms with van der Waals surface area (Å²) in [7, 11) is 1.95. The lowest BCUT2D eigenvalue weighted by Gasteiger charge is -2.15. The van der Waals surface area contributed by atoms with Crippen LogP contribution in [0.3, 0.4) is 0 Å². The number of alkyl halides is 3. The summed E-state index contributed by atoms with van der Waals surface area (Å²) in [5.74, 6) is -1.83. The molecular formula is C18H16ClF4N3O5. The number of hydrogen-bond donors (Lipinski definition) is 0. The Kier molecular flexibility index (Phi) is 7.26. The molecule has 0 amide bonds. The van der Waals surface area contributed by atoms with Crippen molar-refractivity contribution in [3.8, 4) is 5.69 Å². The number of carbonyl (C=O) groups excluding carboxylic acids is 1. The molecule has 1 aromatic carbocycles. The van der Waals surface area contributed by atoms with Crippen molar-refractivity contribution in [1.82, 2.24) is 9.13 Å². The number of carbonyl (C=O) groups is 1. The number of aromatic nitrogens is 2. The van der Waals surface area contributed by atoms with Crippen LogP contribution in [-0.4, -0.2) is 34.5 Å². The summed E-state index contributed by atoms with van der Waals surface area (Å²) in [4.78, 5) is 41.0. The highest BCUT2D eigenvalue weighted by Crippen LogP contribution is 2.27. The van der Waals surface area contributed by atoms with E-state index < -0.39 is 46.7 Å². The van der Waals surface area contributed by atoms with E-state index in [1.807, 2.05) is 0 Å². The van der Waals surface area contributed by atoms with Crippen LogP contribution in [0.15, 0.2) is 32.9 Å². The zero-order valence-corrected chi connectivity index (χ0v) is 17.1. The highest BCUT2D eigenvalue weighted by atomic mass is 35.5. The Hall–Kier alpha value is -3.15. The molecule has 0 N–H and O–H groups in total. The molecule has 0 saturated heterocycles. The third-order valence-electron chi connectivity index (χ3n) is 4.13. The van der Waals surface area contributed by atoms with Crippen LogP contribution < -0.4 is 11.2 Å². The van der Waals surface area contributed by atoms with E-state index in [0.717, 1.165) is 32.5 Å². The van der Waals surface area contributed by atoms with Gasteiger partial charge in [-0.15, -0.1) is 0 Å². The van der Waals surface area contributed by atoms with Crippen molar-refractivity contribution in [2.45, 2.75) is 25.6 Å². The van der Waals surface area contributed by atoms with Crippen LogP contribution in [0.1, 0.15) is 24.6 Å². The van der Waals surface area contributed by atoms with Crippen molar-refractivity contribution in [2.24, 2.45) is 12.2 Å². The van der Waals surface area contributed by atoms with Crippen LogP contribution >= 0.6 is 11.6 Å². The Balaban J connectivity index is 2.55. The average molecular weight is 466 g/mol. The molecule has 0 bridgehead atoms. The van der Waals surface area contributed by atoms with Crippen LogP contribution in [0.2, 0.25) is 5.02 Å². The number of nitrogens with zero attached hydrogens (tertiary/aromatic N) is 3. The van der Waals surface area contributed by atoms with E-state index >= 15 is 0 Å². The summed E-state index contributed by atoms with van der Waals surface area (Å²) in [5.41, 5.74) is -4.99. The summed E-state index contributed by atoms with van der Waals surface area (Å²) in [6.45, 7) is 1.63. The molecule has 0 spiro atoms. The Morgan fingerprint density at radius 1 is 1.29 bits per heavy atom. The Morgan fingerprint density at radius 3 is 2.48 bits per heavy atom. The molecule has 1 aromatic heterocycles. The van der Waals surface area contributed by atoms with Crippen LogP contribution in [0, 0.1) is 5.82 Å². The quantitative estimate of drug-likeness (QED) is 0.283. The summed E-state index contributed by atoms with van der Waals surface area (Å²) in [6, 6.07) is 1.85. The number of oxime groups is 1. The van der Waals surface area contributed by atoms with Gasteiger partial charge in [0.15, 0.2) is 0 Å². The van der Waals surface area contributed by atoms with E-state index in [4.69, 9.17) is 16.4 Å². The second-order valence-corrected chi connectivity index (χ2v) is 6.53. The lowest BCUT2D eigenvalue weighted by Crippen LogP contribution is -2.41.